The van der Waals surface area contributed by atoms with Gasteiger partial charge in [-0.2, -0.15) is 0 Å². The van der Waals surface area contributed by atoms with Gasteiger partial charge < -0.3 is 19.5 Å². The molecule has 0 saturated carbocycles. The molecule has 0 aliphatic rings. The predicted octanol–water partition coefficient (Wildman–Crippen LogP) is 4.37. The first-order valence-electron chi connectivity index (χ1n) is 10.4. The first kappa shape index (κ1) is 20.8. The lowest BCUT2D eigenvalue weighted by Gasteiger charge is -2.19. The lowest BCUT2D eigenvalue weighted by atomic mass is 9.91. The van der Waals surface area contributed by atoms with Crippen molar-refractivity contribution in [1.29, 1.82) is 0 Å². The van der Waals surface area contributed by atoms with Crippen LogP contribution >= 0.6 is 0 Å². The number of ether oxygens (including phenoxy) is 1. The number of fused-ring (bicyclic) bond motifs is 1. The minimum atomic E-state index is -0.0586. The van der Waals surface area contributed by atoms with Crippen molar-refractivity contribution in [3.8, 4) is 5.75 Å². The maximum atomic E-state index is 12.6. The summed E-state index contributed by atoms with van der Waals surface area (Å²) in [4.78, 5) is 15.9. The van der Waals surface area contributed by atoms with Crippen molar-refractivity contribution in [2.45, 2.75) is 18.9 Å². The van der Waals surface area contributed by atoms with Crippen molar-refractivity contribution >= 4 is 16.8 Å². The number of nitrogens with one attached hydrogen (secondary N) is 3. The maximum absolute atomic E-state index is 12.6. The largest absolute Gasteiger partial charge is 0.497 e. The zero-order valence-corrected chi connectivity index (χ0v) is 17.7. The molecule has 160 valence electrons. The van der Waals surface area contributed by atoms with Gasteiger partial charge in [0.2, 0.25) is 5.91 Å². The summed E-state index contributed by atoms with van der Waals surface area (Å²) in [6, 6.07) is 19.9. The van der Waals surface area contributed by atoms with E-state index in [1.807, 2.05) is 49.5 Å². The average Bonchev–Trinajstić information content (AvgIpc) is 3.49. The number of benzene rings is 2. The molecule has 31 heavy (non-hydrogen) atoms. The zero-order chi connectivity index (χ0) is 21.6. The van der Waals surface area contributed by atoms with Gasteiger partial charge in [0, 0.05) is 29.6 Å². The van der Waals surface area contributed by atoms with Gasteiger partial charge in [-0.1, -0.05) is 30.3 Å². The van der Waals surface area contributed by atoms with Crippen molar-refractivity contribution in [3.05, 3.63) is 90.0 Å². The lowest BCUT2D eigenvalue weighted by Crippen LogP contribution is -2.37. The number of aromatic amines is 1. The number of methoxy groups -OCH3 is 1. The fraction of sp³-hybridized carbons (Fsp3) is 0.240. The van der Waals surface area contributed by atoms with Crippen LogP contribution in [0.5, 0.6) is 5.75 Å². The van der Waals surface area contributed by atoms with E-state index in [9.17, 15) is 4.79 Å². The minimum Gasteiger partial charge on any atom is -0.497 e. The van der Waals surface area contributed by atoms with E-state index in [4.69, 9.17) is 9.15 Å². The Morgan fingerprint density at radius 2 is 1.90 bits per heavy atom. The normalized spacial score (nSPS) is 13.1. The molecule has 4 rings (SSSR count). The van der Waals surface area contributed by atoms with E-state index in [1.54, 1.807) is 13.4 Å². The first-order chi connectivity index (χ1) is 15.2. The van der Waals surface area contributed by atoms with Crippen molar-refractivity contribution < 1.29 is 13.9 Å². The van der Waals surface area contributed by atoms with Crippen LogP contribution in [0.25, 0.3) is 10.9 Å². The van der Waals surface area contributed by atoms with Crippen molar-refractivity contribution in [2.75, 3.05) is 20.2 Å². The quantitative estimate of drug-likeness (QED) is 0.378. The monoisotopic (exact) mass is 417 g/mol. The summed E-state index contributed by atoms with van der Waals surface area (Å²) in [5, 5.41) is 7.44. The van der Waals surface area contributed by atoms with Crippen LogP contribution in [0.1, 0.15) is 35.8 Å². The van der Waals surface area contributed by atoms with E-state index in [-0.39, 0.29) is 24.4 Å². The standard InChI is InChI=1S/C25H27N3O3/c1-17(24-8-5-13-31-24)26-16-25(29)28-14-21(18-9-11-19(30-2)12-10-18)22-15-27-23-7-4-3-6-20(22)23/h3-13,15,17,21,26-27H,14,16H2,1-2H3,(H,28,29)/t17-,21-/m0/s1. The molecule has 1 amide bonds. The molecule has 2 atom stereocenters. The molecule has 0 aliphatic heterocycles. The number of H-pyrrole nitrogens is 1. The number of para-hydroxylation sites is 1. The number of hydrogen-bond acceptors (Lipinski definition) is 4. The second-order valence-electron chi connectivity index (χ2n) is 7.54. The minimum absolute atomic E-state index is 0.00787. The number of carbonyl (C=O) groups is 1. The topological polar surface area (TPSA) is 79.3 Å². The first-order valence-corrected chi connectivity index (χ1v) is 10.4. The van der Waals surface area contributed by atoms with E-state index in [0.717, 1.165) is 33.5 Å². The predicted molar refractivity (Wildman–Crippen MR) is 121 cm³/mol. The van der Waals surface area contributed by atoms with Crippen LogP contribution in [0, 0.1) is 0 Å². The molecule has 2 aromatic heterocycles. The summed E-state index contributed by atoms with van der Waals surface area (Å²) >= 11 is 0. The fourth-order valence-corrected chi connectivity index (χ4v) is 3.79. The second-order valence-corrected chi connectivity index (χ2v) is 7.54. The number of furan rings is 1. The van der Waals surface area contributed by atoms with Crippen LogP contribution < -0.4 is 15.4 Å². The van der Waals surface area contributed by atoms with E-state index in [1.165, 1.54) is 0 Å². The van der Waals surface area contributed by atoms with Gasteiger partial charge in [-0.05, 0) is 48.4 Å². The Morgan fingerprint density at radius 3 is 2.65 bits per heavy atom. The van der Waals surface area contributed by atoms with Crippen LogP contribution in [-0.4, -0.2) is 31.1 Å². The summed E-state index contributed by atoms with van der Waals surface area (Å²) < 4.78 is 10.7. The molecule has 0 fully saturated rings. The molecule has 2 aromatic carbocycles. The third-order valence-corrected chi connectivity index (χ3v) is 5.56. The molecule has 6 heteroatoms. The van der Waals surface area contributed by atoms with Crippen LogP contribution in [0.4, 0.5) is 0 Å². The molecule has 6 nitrogen and oxygen atoms in total. The summed E-state index contributed by atoms with van der Waals surface area (Å²) in [5.74, 6) is 1.56. The zero-order valence-electron chi connectivity index (χ0n) is 17.7. The number of amides is 1. The molecular weight excluding hydrogens is 390 g/mol. The Kier molecular flexibility index (Phi) is 6.38. The Morgan fingerprint density at radius 1 is 1.10 bits per heavy atom. The van der Waals surface area contributed by atoms with Gasteiger partial charge in [-0.15, -0.1) is 0 Å². The highest BCUT2D eigenvalue weighted by Crippen LogP contribution is 2.31. The lowest BCUT2D eigenvalue weighted by molar-refractivity contribution is -0.120. The number of carbonyl (C=O) groups excluding carboxylic acids is 1. The maximum Gasteiger partial charge on any atom is 0.234 e. The van der Waals surface area contributed by atoms with Crippen molar-refractivity contribution in [1.82, 2.24) is 15.6 Å². The highest BCUT2D eigenvalue weighted by atomic mass is 16.5. The molecule has 0 unspecified atom stereocenters. The number of rotatable bonds is 9. The second kappa shape index (κ2) is 9.53. The molecule has 0 spiro atoms. The van der Waals surface area contributed by atoms with Crippen LogP contribution in [-0.2, 0) is 4.79 Å². The van der Waals surface area contributed by atoms with Crippen molar-refractivity contribution in [3.63, 3.8) is 0 Å². The van der Waals surface area contributed by atoms with Crippen LogP contribution in [0.15, 0.2) is 77.5 Å². The molecule has 0 radical (unpaired) electrons. The molecule has 4 aromatic rings. The van der Waals surface area contributed by atoms with E-state index >= 15 is 0 Å². The van der Waals surface area contributed by atoms with Gasteiger partial charge in [-0.3, -0.25) is 10.1 Å². The smallest absolute Gasteiger partial charge is 0.234 e. The summed E-state index contributed by atoms with van der Waals surface area (Å²) in [5.41, 5.74) is 3.34. The van der Waals surface area contributed by atoms with Gasteiger partial charge in [0.25, 0.3) is 0 Å². The van der Waals surface area contributed by atoms with E-state index in [0.29, 0.717) is 6.54 Å². The molecule has 2 heterocycles. The Balaban J connectivity index is 1.48. The Bertz CT molecular complexity index is 1120. The third kappa shape index (κ3) is 4.81. The summed E-state index contributed by atoms with van der Waals surface area (Å²) in [7, 11) is 1.66. The highest BCUT2D eigenvalue weighted by molar-refractivity contribution is 5.84. The van der Waals surface area contributed by atoms with Gasteiger partial charge in [-0.25, -0.2) is 0 Å². The summed E-state index contributed by atoms with van der Waals surface area (Å²) in [6.07, 6.45) is 3.66. The molecule has 0 saturated heterocycles. The van der Waals surface area contributed by atoms with E-state index in [2.05, 4.69) is 39.9 Å². The number of hydrogen-bond donors (Lipinski definition) is 3. The molecule has 0 aliphatic carbocycles. The Labute approximate surface area is 181 Å². The van der Waals surface area contributed by atoms with Gasteiger partial charge in [0.1, 0.15) is 11.5 Å². The Hall–Kier alpha value is -3.51. The number of aromatic nitrogens is 1. The fourth-order valence-electron chi connectivity index (χ4n) is 3.79. The van der Waals surface area contributed by atoms with E-state index < -0.39 is 0 Å². The molecule has 3 N–H and O–H groups in total. The SMILES string of the molecule is COc1ccc([C@H](CNC(=O)CN[C@@H](C)c2ccco2)c2c[nH]c3ccccc23)cc1. The average molecular weight is 418 g/mol. The van der Waals surface area contributed by atoms with Gasteiger partial charge >= 0.3 is 0 Å². The highest BCUT2D eigenvalue weighted by Gasteiger charge is 2.19. The van der Waals surface area contributed by atoms with Crippen LogP contribution in [0.2, 0.25) is 0 Å². The molecular formula is C25H27N3O3. The van der Waals surface area contributed by atoms with Crippen molar-refractivity contribution in [2.24, 2.45) is 0 Å². The molecule has 0 bridgehead atoms. The van der Waals surface area contributed by atoms with Gasteiger partial charge in [0.05, 0.1) is 26.0 Å². The summed E-state index contributed by atoms with van der Waals surface area (Å²) in [6.45, 7) is 2.67. The third-order valence-electron chi connectivity index (χ3n) is 5.56. The van der Waals surface area contributed by atoms with Gasteiger partial charge in [0.15, 0.2) is 0 Å². The van der Waals surface area contributed by atoms with Crippen LogP contribution in [0.3, 0.4) is 0 Å².